The molecule has 25 heavy (non-hydrogen) atoms. The first-order chi connectivity index (χ1) is 12.0. The minimum atomic E-state index is -0.926. The van der Waals surface area contributed by atoms with Crippen molar-refractivity contribution < 1.29 is 4.92 Å². The van der Waals surface area contributed by atoms with Crippen LogP contribution in [0.15, 0.2) is 65.3 Å². The van der Waals surface area contributed by atoms with Gasteiger partial charge in [-0.25, -0.2) is 0 Å². The Bertz CT molecular complexity index is 859. The monoisotopic (exact) mass is 354 g/mol. The van der Waals surface area contributed by atoms with E-state index in [2.05, 4.69) is 4.99 Å². The van der Waals surface area contributed by atoms with Crippen molar-refractivity contribution in [1.29, 1.82) is 0 Å². The fourth-order valence-corrected chi connectivity index (χ4v) is 3.73. The van der Waals surface area contributed by atoms with E-state index in [0.717, 1.165) is 22.4 Å². The lowest BCUT2D eigenvalue weighted by Gasteiger charge is -2.30. The highest BCUT2D eigenvalue weighted by Gasteiger charge is 2.43. The molecule has 1 heterocycles. The van der Waals surface area contributed by atoms with Gasteiger partial charge >= 0.3 is 0 Å². The number of nitrogens with zero attached hydrogens (tertiary/aromatic N) is 2. The van der Waals surface area contributed by atoms with Gasteiger partial charge in [0.1, 0.15) is 0 Å². The van der Waals surface area contributed by atoms with Crippen molar-refractivity contribution in [3.8, 4) is 0 Å². The number of hydrogen-bond donors (Lipinski definition) is 0. The number of allylic oxidation sites excluding steroid dienone is 1. The van der Waals surface area contributed by atoms with Gasteiger partial charge < -0.3 is 0 Å². The second-order valence-corrected chi connectivity index (χ2v) is 6.47. The SMILES string of the molecule is CCC1=C(c2ccccc2)C(c2ccccc2Cl)C([N+](=O)[O-])C(C)=N1. The fraction of sp³-hybridized carbons (Fsp3) is 0.250. The minimum Gasteiger partial charge on any atom is -0.264 e. The van der Waals surface area contributed by atoms with E-state index in [-0.39, 0.29) is 4.92 Å². The minimum absolute atomic E-state index is 0.248. The van der Waals surface area contributed by atoms with Crippen molar-refractivity contribution in [2.75, 3.05) is 0 Å². The van der Waals surface area contributed by atoms with Crippen LogP contribution < -0.4 is 0 Å². The number of hydrogen-bond acceptors (Lipinski definition) is 3. The second kappa shape index (κ2) is 7.19. The van der Waals surface area contributed by atoms with E-state index in [9.17, 15) is 10.1 Å². The van der Waals surface area contributed by atoms with Crippen LogP contribution in [0.4, 0.5) is 0 Å². The van der Waals surface area contributed by atoms with Crippen molar-refractivity contribution in [3.63, 3.8) is 0 Å². The maximum Gasteiger partial charge on any atom is 0.261 e. The van der Waals surface area contributed by atoms with E-state index in [1.807, 2.05) is 55.5 Å². The summed E-state index contributed by atoms with van der Waals surface area (Å²) < 4.78 is 0. The largest absolute Gasteiger partial charge is 0.264 e. The maximum atomic E-state index is 11.9. The number of rotatable bonds is 4. The molecular weight excluding hydrogens is 336 g/mol. The molecule has 2 atom stereocenters. The zero-order valence-electron chi connectivity index (χ0n) is 14.1. The van der Waals surface area contributed by atoms with Crippen LogP contribution in [0.2, 0.25) is 5.02 Å². The smallest absolute Gasteiger partial charge is 0.261 e. The van der Waals surface area contributed by atoms with Gasteiger partial charge in [-0.15, -0.1) is 0 Å². The molecule has 0 spiro atoms. The molecule has 0 bridgehead atoms. The summed E-state index contributed by atoms with van der Waals surface area (Å²) in [5.74, 6) is -0.460. The van der Waals surface area contributed by atoms with E-state index in [1.54, 1.807) is 13.0 Å². The Morgan fingerprint density at radius 3 is 2.36 bits per heavy atom. The van der Waals surface area contributed by atoms with Crippen molar-refractivity contribution in [2.24, 2.45) is 4.99 Å². The molecule has 2 aromatic carbocycles. The van der Waals surface area contributed by atoms with Crippen LogP contribution in [-0.4, -0.2) is 16.7 Å². The molecule has 0 aromatic heterocycles. The Balaban J connectivity index is 2.31. The molecule has 5 heteroatoms. The molecule has 0 N–H and O–H groups in total. The van der Waals surface area contributed by atoms with Crippen molar-refractivity contribution in [1.82, 2.24) is 0 Å². The lowest BCUT2D eigenvalue weighted by Crippen LogP contribution is -2.37. The van der Waals surface area contributed by atoms with Crippen molar-refractivity contribution in [3.05, 3.63) is 86.6 Å². The van der Waals surface area contributed by atoms with E-state index in [1.165, 1.54) is 0 Å². The summed E-state index contributed by atoms with van der Waals surface area (Å²) in [5.41, 5.74) is 4.01. The Kier molecular flexibility index (Phi) is 5.00. The normalized spacial score (nSPS) is 20.4. The number of benzene rings is 2. The van der Waals surface area contributed by atoms with Gasteiger partial charge in [0.2, 0.25) is 0 Å². The molecule has 0 fully saturated rings. The summed E-state index contributed by atoms with van der Waals surface area (Å²) in [4.78, 5) is 16.2. The predicted octanol–water partition coefficient (Wildman–Crippen LogP) is 5.36. The zero-order valence-corrected chi connectivity index (χ0v) is 14.9. The molecule has 2 aromatic rings. The van der Waals surface area contributed by atoms with Gasteiger partial charge in [-0.2, -0.15) is 0 Å². The first-order valence-electron chi connectivity index (χ1n) is 8.26. The maximum absolute atomic E-state index is 11.9. The van der Waals surface area contributed by atoms with E-state index < -0.39 is 12.0 Å². The topological polar surface area (TPSA) is 55.5 Å². The molecule has 1 aliphatic rings. The average Bonchev–Trinajstić information content (AvgIpc) is 2.61. The third-order valence-corrected chi connectivity index (χ3v) is 4.91. The van der Waals surface area contributed by atoms with Crippen molar-refractivity contribution in [2.45, 2.75) is 32.2 Å². The molecule has 1 aliphatic heterocycles. The fourth-order valence-electron chi connectivity index (χ4n) is 3.48. The van der Waals surface area contributed by atoms with Crippen LogP contribution in [0.1, 0.15) is 37.3 Å². The quantitative estimate of drug-likeness (QED) is 0.547. The molecule has 2 unspecified atom stereocenters. The molecule has 0 radical (unpaired) electrons. The highest BCUT2D eigenvalue weighted by Crippen LogP contribution is 2.44. The Labute approximate surface area is 152 Å². The van der Waals surface area contributed by atoms with E-state index in [4.69, 9.17) is 11.6 Å². The highest BCUT2D eigenvalue weighted by molar-refractivity contribution is 6.31. The summed E-state index contributed by atoms with van der Waals surface area (Å²) in [5, 5.41) is 12.4. The van der Waals surface area contributed by atoms with Gasteiger partial charge in [0.25, 0.3) is 6.04 Å². The van der Waals surface area contributed by atoms with Crippen LogP contribution in [0, 0.1) is 10.1 Å². The van der Waals surface area contributed by atoms with Crippen LogP contribution >= 0.6 is 11.6 Å². The summed E-state index contributed by atoms with van der Waals surface area (Å²) in [6.07, 6.45) is 0.701. The third-order valence-electron chi connectivity index (χ3n) is 4.56. The van der Waals surface area contributed by atoms with Crippen LogP contribution in [0.5, 0.6) is 0 Å². The molecule has 4 nitrogen and oxygen atoms in total. The van der Waals surface area contributed by atoms with Gasteiger partial charge in [-0.05, 0) is 36.1 Å². The average molecular weight is 355 g/mol. The van der Waals surface area contributed by atoms with E-state index >= 15 is 0 Å². The second-order valence-electron chi connectivity index (χ2n) is 6.06. The first kappa shape index (κ1) is 17.4. The Hall–Kier alpha value is -2.46. The first-order valence-corrected chi connectivity index (χ1v) is 8.64. The Morgan fingerprint density at radius 2 is 1.76 bits per heavy atom. The van der Waals surface area contributed by atoms with Gasteiger partial charge in [0, 0.05) is 15.6 Å². The molecule has 0 saturated heterocycles. The predicted molar refractivity (Wildman–Crippen MR) is 102 cm³/mol. The number of halogens is 1. The van der Waals surface area contributed by atoms with Gasteiger partial charge in [0.15, 0.2) is 0 Å². The summed E-state index contributed by atoms with van der Waals surface area (Å²) >= 11 is 6.43. The van der Waals surface area contributed by atoms with Crippen LogP contribution in [-0.2, 0) is 0 Å². The standard InChI is InChI=1S/C20H19ClN2O2/c1-3-17-18(14-9-5-4-6-10-14)19(15-11-7-8-12-16(15)21)20(23(24)25)13(2)22-17/h4-12,19-20H,3H2,1-2H3. The summed E-state index contributed by atoms with van der Waals surface area (Å²) in [6.45, 7) is 3.75. The van der Waals surface area contributed by atoms with Crippen molar-refractivity contribution >= 4 is 22.9 Å². The van der Waals surface area contributed by atoms with Gasteiger partial charge in [0.05, 0.1) is 11.6 Å². The molecule has 128 valence electrons. The molecule has 3 rings (SSSR count). The molecular formula is C20H19ClN2O2. The van der Waals surface area contributed by atoms with Gasteiger partial charge in [-0.1, -0.05) is 67.1 Å². The van der Waals surface area contributed by atoms with Crippen LogP contribution in [0.25, 0.3) is 5.57 Å². The zero-order chi connectivity index (χ0) is 18.0. The number of nitro groups is 1. The molecule has 0 aliphatic carbocycles. The third kappa shape index (κ3) is 3.22. The molecule has 0 amide bonds. The van der Waals surface area contributed by atoms with Gasteiger partial charge in [-0.3, -0.25) is 15.1 Å². The lowest BCUT2D eigenvalue weighted by molar-refractivity contribution is -0.504. The Morgan fingerprint density at radius 1 is 1.12 bits per heavy atom. The summed E-state index contributed by atoms with van der Waals surface area (Å²) in [6, 6.07) is 16.2. The number of aliphatic imine (C=N–C) groups is 1. The highest BCUT2D eigenvalue weighted by atomic mass is 35.5. The summed E-state index contributed by atoms with van der Waals surface area (Å²) in [7, 11) is 0. The van der Waals surface area contributed by atoms with E-state index in [0.29, 0.717) is 17.2 Å². The molecule has 0 saturated carbocycles. The van der Waals surface area contributed by atoms with Crippen LogP contribution in [0.3, 0.4) is 0 Å². The lowest BCUT2D eigenvalue weighted by atomic mass is 9.77.